The molecule has 0 saturated heterocycles. The summed E-state index contributed by atoms with van der Waals surface area (Å²) in [5.41, 5.74) is -1.10. The third-order valence-corrected chi connectivity index (χ3v) is 3.22. The van der Waals surface area contributed by atoms with Gasteiger partial charge in [-0.05, 0) is 12.1 Å². The van der Waals surface area contributed by atoms with Crippen LogP contribution in [0.15, 0.2) is 39.5 Å². The van der Waals surface area contributed by atoms with E-state index in [1.807, 2.05) is 0 Å². The van der Waals surface area contributed by atoms with Crippen molar-refractivity contribution in [1.82, 2.24) is 0 Å². The Labute approximate surface area is 122 Å². The van der Waals surface area contributed by atoms with E-state index < -0.39 is 39.8 Å². The molecule has 0 atom stereocenters. The van der Waals surface area contributed by atoms with Gasteiger partial charge in [0.1, 0.15) is 16.9 Å². The molecule has 0 spiro atoms. The van der Waals surface area contributed by atoms with Crippen LogP contribution < -0.4 is 5.43 Å². The van der Waals surface area contributed by atoms with E-state index in [-0.39, 0.29) is 16.7 Å². The van der Waals surface area contributed by atoms with Crippen molar-refractivity contribution < 1.29 is 29.9 Å². The van der Waals surface area contributed by atoms with Gasteiger partial charge in [-0.15, -0.1) is 0 Å². The molecule has 0 aliphatic heterocycles. The molecule has 0 fully saturated rings. The zero-order valence-corrected chi connectivity index (χ0v) is 10.9. The number of para-hydroxylation sites is 1. The zero-order chi connectivity index (χ0) is 16.0. The summed E-state index contributed by atoms with van der Waals surface area (Å²) >= 11 is 0. The molecule has 2 aromatic carbocycles. The quantitative estimate of drug-likeness (QED) is 0.343. The summed E-state index contributed by atoms with van der Waals surface area (Å²) in [6.07, 6.45) is 0. The molecule has 7 heteroatoms. The Morgan fingerprint density at radius 2 is 1.55 bits per heavy atom. The number of benzene rings is 2. The molecular formula is C15H10O7. The maximum absolute atomic E-state index is 12.1. The van der Waals surface area contributed by atoms with Crippen molar-refractivity contribution in [3.63, 3.8) is 0 Å². The van der Waals surface area contributed by atoms with Gasteiger partial charge >= 0.3 is 0 Å². The van der Waals surface area contributed by atoms with E-state index in [0.29, 0.717) is 0 Å². The second-order valence-corrected chi connectivity index (χ2v) is 4.62. The Morgan fingerprint density at radius 3 is 2.27 bits per heavy atom. The van der Waals surface area contributed by atoms with Crippen LogP contribution in [-0.4, -0.2) is 25.5 Å². The van der Waals surface area contributed by atoms with E-state index in [4.69, 9.17) is 4.42 Å². The van der Waals surface area contributed by atoms with E-state index >= 15 is 0 Å². The van der Waals surface area contributed by atoms with Crippen molar-refractivity contribution in [2.45, 2.75) is 0 Å². The minimum Gasteiger partial charge on any atom is -0.507 e. The number of phenols is 5. The van der Waals surface area contributed by atoms with E-state index in [9.17, 15) is 30.3 Å². The molecule has 0 aliphatic carbocycles. The number of hydrogen-bond acceptors (Lipinski definition) is 7. The minimum atomic E-state index is -0.716. The van der Waals surface area contributed by atoms with Crippen LogP contribution in [0.3, 0.4) is 0 Å². The Kier molecular flexibility index (Phi) is 2.84. The van der Waals surface area contributed by atoms with Crippen LogP contribution in [-0.2, 0) is 0 Å². The summed E-state index contributed by atoms with van der Waals surface area (Å²) < 4.78 is 5.32. The van der Waals surface area contributed by atoms with Crippen molar-refractivity contribution in [3.05, 3.63) is 40.6 Å². The number of phenolic OH excluding ortho intramolecular Hbond substituents is 5. The second kappa shape index (κ2) is 4.59. The number of aromatic hydroxyl groups is 5. The molecule has 0 saturated carbocycles. The van der Waals surface area contributed by atoms with Crippen molar-refractivity contribution in [3.8, 4) is 40.1 Å². The van der Waals surface area contributed by atoms with Crippen LogP contribution in [0.1, 0.15) is 0 Å². The van der Waals surface area contributed by atoms with Gasteiger partial charge in [0.15, 0.2) is 28.3 Å². The molecule has 22 heavy (non-hydrogen) atoms. The van der Waals surface area contributed by atoms with Gasteiger partial charge in [-0.1, -0.05) is 6.07 Å². The minimum absolute atomic E-state index is 0.0150. The first-order chi connectivity index (χ1) is 10.4. The highest BCUT2D eigenvalue weighted by molar-refractivity contribution is 5.91. The van der Waals surface area contributed by atoms with E-state index in [1.54, 1.807) is 0 Å². The van der Waals surface area contributed by atoms with Crippen molar-refractivity contribution in [2.24, 2.45) is 0 Å². The number of hydrogen-bond donors (Lipinski definition) is 5. The molecule has 0 radical (unpaired) electrons. The molecule has 7 nitrogen and oxygen atoms in total. The topological polar surface area (TPSA) is 131 Å². The third-order valence-electron chi connectivity index (χ3n) is 3.22. The van der Waals surface area contributed by atoms with Gasteiger partial charge in [-0.25, -0.2) is 0 Å². The van der Waals surface area contributed by atoms with Gasteiger partial charge in [0.05, 0.1) is 5.56 Å². The molecule has 0 unspecified atom stereocenters. The highest BCUT2D eigenvalue weighted by atomic mass is 16.4. The molecule has 112 valence electrons. The summed E-state index contributed by atoms with van der Waals surface area (Å²) in [6, 6.07) is 5.87. The van der Waals surface area contributed by atoms with Gasteiger partial charge < -0.3 is 29.9 Å². The van der Waals surface area contributed by atoms with E-state index in [0.717, 1.165) is 12.1 Å². The zero-order valence-electron chi connectivity index (χ0n) is 10.9. The van der Waals surface area contributed by atoms with Gasteiger partial charge in [0.2, 0.25) is 5.75 Å². The van der Waals surface area contributed by atoms with E-state index in [1.165, 1.54) is 18.2 Å². The molecular weight excluding hydrogens is 292 g/mol. The molecule has 1 aromatic heterocycles. The fourth-order valence-electron chi connectivity index (χ4n) is 2.15. The third kappa shape index (κ3) is 1.87. The summed E-state index contributed by atoms with van der Waals surface area (Å²) in [4.78, 5) is 12.1. The smallest absolute Gasteiger partial charge is 0.202 e. The largest absolute Gasteiger partial charge is 0.507 e. The number of rotatable bonds is 1. The van der Waals surface area contributed by atoms with Crippen LogP contribution in [0, 0.1) is 0 Å². The fraction of sp³-hybridized carbons (Fsp3) is 0. The lowest BCUT2D eigenvalue weighted by Crippen LogP contribution is -2.01. The summed E-state index contributed by atoms with van der Waals surface area (Å²) in [5.74, 6) is -2.99. The SMILES string of the molecule is O=c1cc(-c2cccc(O)c2O)oc2c(O)c(O)cc(O)c12. The lowest BCUT2D eigenvalue weighted by molar-refractivity contribution is 0.393. The highest BCUT2D eigenvalue weighted by Gasteiger charge is 2.19. The van der Waals surface area contributed by atoms with Gasteiger partial charge in [-0.2, -0.15) is 0 Å². The Morgan fingerprint density at radius 1 is 0.818 bits per heavy atom. The number of fused-ring (bicyclic) bond motifs is 1. The van der Waals surface area contributed by atoms with Crippen LogP contribution >= 0.6 is 0 Å². The summed E-state index contributed by atoms with van der Waals surface area (Å²) in [7, 11) is 0. The summed E-state index contributed by atoms with van der Waals surface area (Å²) in [5, 5.41) is 48.0. The summed E-state index contributed by atoms with van der Waals surface area (Å²) in [6.45, 7) is 0. The van der Waals surface area contributed by atoms with Crippen LogP contribution in [0.5, 0.6) is 28.7 Å². The van der Waals surface area contributed by atoms with Gasteiger partial charge in [0, 0.05) is 12.1 Å². The normalized spacial score (nSPS) is 10.9. The molecule has 0 bridgehead atoms. The standard InChI is InChI=1S/C15H10O7/c16-7-3-1-2-6(13(7)20)11-5-9(18)12-8(17)4-10(19)14(21)15(12)22-11/h1-5,16-17,19-21H. The van der Waals surface area contributed by atoms with Crippen LogP contribution in [0.2, 0.25) is 0 Å². The fourth-order valence-corrected chi connectivity index (χ4v) is 2.15. The Balaban J connectivity index is 2.41. The maximum Gasteiger partial charge on any atom is 0.202 e. The Hall–Kier alpha value is -3.35. The molecule has 5 N–H and O–H groups in total. The first kappa shape index (κ1) is 13.6. The molecule has 0 aliphatic rings. The molecule has 1 heterocycles. The Bertz CT molecular complexity index is 956. The van der Waals surface area contributed by atoms with Crippen molar-refractivity contribution >= 4 is 11.0 Å². The molecule has 0 amide bonds. The van der Waals surface area contributed by atoms with Gasteiger partial charge in [0.25, 0.3) is 0 Å². The molecule has 3 aromatic rings. The van der Waals surface area contributed by atoms with Crippen LogP contribution in [0.25, 0.3) is 22.3 Å². The average Bonchev–Trinajstić information content (AvgIpc) is 2.47. The monoisotopic (exact) mass is 302 g/mol. The average molecular weight is 302 g/mol. The maximum atomic E-state index is 12.1. The first-order valence-electron chi connectivity index (χ1n) is 6.13. The first-order valence-corrected chi connectivity index (χ1v) is 6.13. The van der Waals surface area contributed by atoms with Crippen molar-refractivity contribution in [2.75, 3.05) is 0 Å². The molecule has 3 rings (SSSR count). The predicted molar refractivity (Wildman–Crippen MR) is 76.2 cm³/mol. The lowest BCUT2D eigenvalue weighted by Gasteiger charge is -2.08. The van der Waals surface area contributed by atoms with Gasteiger partial charge in [-0.3, -0.25) is 4.79 Å². The lowest BCUT2D eigenvalue weighted by atomic mass is 10.1. The van der Waals surface area contributed by atoms with Crippen molar-refractivity contribution in [1.29, 1.82) is 0 Å². The highest BCUT2D eigenvalue weighted by Crippen LogP contribution is 2.41. The van der Waals surface area contributed by atoms with Crippen LogP contribution in [0.4, 0.5) is 0 Å². The predicted octanol–water partition coefficient (Wildman–Crippen LogP) is 1.99. The second-order valence-electron chi connectivity index (χ2n) is 4.62. The van der Waals surface area contributed by atoms with E-state index in [2.05, 4.69) is 0 Å².